The van der Waals surface area contributed by atoms with Gasteiger partial charge in [-0.2, -0.15) is 0 Å². The Kier molecular flexibility index (Phi) is 5.15. The van der Waals surface area contributed by atoms with Crippen LogP contribution in [0, 0.1) is 17.8 Å². The second-order valence-corrected chi connectivity index (χ2v) is 10.5. The molecule has 3 fully saturated rings. The first-order chi connectivity index (χ1) is 13.2. The van der Waals surface area contributed by atoms with Gasteiger partial charge in [0.25, 0.3) is 0 Å². The van der Waals surface area contributed by atoms with Gasteiger partial charge in [-0.15, -0.1) is 0 Å². The molecule has 0 aromatic heterocycles. The molecule has 2 heterocycles. The lowest BCUT2D eigenvalue weighted by atomic mass is 9.64. The van der Waals surface area contributed by atoms with E-state index in [1.807, 2.05) is 20.8 Å². The Hall–Kier alpha value is -1.62. The van der Waals surface area contributed by atoms with Crippen molar-refractivity contribution in [1.82, 2.24) is 15.5 Å². The van der Waals surface area contributed by atoms with Gasteiger partial charge in [0.15, 0.2) is 0 Å². The number of hydrogen-bond donors (Lipinski definition) is 2. The zero-order valence-corrected chi connectivity index (χ0v) is 17.6. The number of fused-ring (bicyclic) bond motifs is 3. The van der Waals surface area contributed by atoms with E-state index in [9.17, 15) is 9.59 Å². The number of carbonyl (C=O) groups is 2. The van der Waals surface area contributed by atoms with Crippen LogP contribution in [0.4, 0.5) is 0 Å². The van der Waals surface area contributed by atoms with E-state index < -0.39 is 0 Å². The summed E-state index contributed by atoms with van der Waals surface area (Å²) in [6.07, 6.45) is 9.37. The van der Waals surface area contributed by atoms with Gasteiger partial charge in [0.2, 0.25) is 11.8 Å². The molecule has 0 radical (unpaired) electrons. The summed E-state index contributed by atoms with van der Waals surface area (Å²) in [7, 11) is 0. The van der Waals surface area contributed by atoms with Crippen molar-refractivity contribution in [3.8, 4) is 0 Å². The van der Waals surface area contributed by atoms with Gasteiger partial charge in [0.1, 0.15) is 0 Å². The Morgan fingerprint density at radius 2 is 1.82 bits per heavy atom. The highest BCUT2D eigenvalue weighted by Gasteiger charge is 2.42. The second kappa shape index (κ2) is 7.33. The molecule has 28 heavy (non-hydrogen) atoms. The van der Waals surface area contributed by atoms with Gasteiger partial charge in [0, 0.05) is 35.7 Å². The maximum absolute atomic E-state index is 12.6. The van der Waals surface area contributed by atoms with Crippen LogP contribution in [0.5, 0.6) is 0 Å². The summed E-state index contributed by atoms with van der Waals surface area (Å²) in [5, 5.41) is 6.25. The summed E-state index contributed by atoms with van der Waals surface area (Å²) in [5.41, 5.74) is 2.27. The molecule has 0 aromatic carbocycles. The molecule has 2 aliphatic heterocycles. The molecule has 0 spiro atoms. The third kappa shape index (κ3) is 4.19. The van der Waals surface area contributed by atoms with Crippen LogP contribution in [0.15, 0.2) is 23.9 Å². The van der Waals surface area contributed by atoms with E-state index in [4.69, 9.17) is 0 Å². The van der Waals surface area contributed by atoms with E-state index in [-0.39, 0.29) is 17.4 Å². The van der Waals surface area contributed by atoms with Crippen LogP contribution in [0.1, 0.15) is 65.7 Å². The first kappa shape index (κ1) is 19.7. The highest BCUT2D eigenvalue weighted by molar-refractivity contribution is 5.79. The SMILES string of the molecule is C=C1C2C=C(NC(=O)C[C@@H]3C[C@H]4CC[C@@H](C3)N4CC(=O)NC(C)(C)C)CC1C2. The first-order valence-electron chi connectivity index (χ1n) is 10.9. The topological polar surface area (TPSA) is 61.4 Å². The lowest BCUT2D eigenvalue weighted by molar-refractivity contribution is -0.126. The Morgan fingerprint density at radius 1 is 1.14 bits per heavy atom. The van der Waals surface area contributed by atoms with Crippen LogP contribution in [0.25, 0.3) is 0 Å². The average Bonchev–Trinajstić information content (AvgIpc) is 2.82. The number of carbonyl (C=O) groups excluding carboxylic acids is 2. The molecular formula is C23H35N3O2. The number of allylic oxidation sites excluding steroid dienone is 3. The molecule has 2 N–H and O–H groups in total. The monoisotopic (exact) mass is 385 g/mol. The van der Waals surface area contributed by atoms with Gasteiger partial charge in [-0.05, 0) is 71.1 Å². The minimum absolute atomic E-state index is 0.116. The zero-order valence-electron chi connectivity index (χ0n) is 17.6. The number of nitrogens with zero attached hydrogens (tertiary/aromatic N) is 1. The smallest absolute Gasteiger partial charge is 0.234 e. The summed E-state index contributed by atoms with van der Waals surface area (Å²) in [4.78, 5) is 27.3. The van der Waals surface area contributed by atoms with Crippen molar-refractivity contribution in [2.45, 2.75) is 83.3 Å². The molecule has 4 bridgehead atoms. The lowest BCUT2D eigenvalue weighted by Gasteiger charge is -2.42. The van der Waals surface area contributed by atoms with E-state index in [2.05, 4.69) is 28.2 Å². The van der Waals surface area contributed by atoms with Crippen LogP contribution in [-0.2, 0) is 9.59 Å². The number of rotatable bonds is 5. The minimum Gasteiger partial charge on any atom is -0.350 e. The quantitative estimate of drug-likeness (QED) is 0.715. The predicted octanol–water partition coefficient (Wildman–Crippen LogP) is 3.13. The third-order valence-electron chi connectivity index (χ3n) is 7.00. The van der Waals surface area contributed by atoms with Crippen molar-refractivity contribution in [2.24, 2.45) is 17.8 Å². The molecule has 1 saturated carbocycles. The number of amides is 2. The van der Waals surface area contributed by atoms with Gasteiger partial charge in [-0.3, -0.25) is 14.5 Å². The molecular weight excluding hydrogens is 350 g/mol. The van der Waals surface area contributed by atoms with Gasteiger partial charge in [-0.1, -0.05) is 18.2 Å². The van der Waals surface area contributed by atoms with E-state index in [1.165, 1.54) is 12.0 Å². The average molecular weight is 386 g/mol. The van der Waals surface area contributed by atoms with Gasteiger partial charge in [0.05, 0.1) is 6.54 Å². The van der Waals surface area contributed by atoms with E-state index in [0.717, 1.165) is 37.8 Å². The summed E-state index contributed by atoms with van der Waals surface area (Å²) in [6.45, 7) is 10.7. The first-order valence-corrected chi connectivity index (χ1v) is 10.9. The van der Waals surface area contributed by atoms with Gasteiger partial charge >= 0.3 is 0 Å². The summed E-state index contributed by atoms with van der Waals surface area (Å²) in [6, 6.07) is 0.902. The molecule has 5 heteroatoms. The third-order valence-corrected chi connectivity index (χ3v) is 7.00. The van der Waals surface area contributed by atoms with E-state index in [0.29, 0.717) is 42.8 Å². The Labute approximate surface area is 169 Å². The van der Waals surface area contributed by atoms with Crippen molar-refractivity contribution < 1.29 is 9.59 Å². The Bertz CT molecular complexity index is 691. The highest BCUT2D eigenvalue weighted by Crippen LogP contribution is 2.47. The van der Waals surface area contributed by atoms with Crippen molar-refractivity contribution in [1.29, 1.82) is 0 Å². The molecule has 154 valence electrons. The molecule has 3 aliphatic carbocycles. The zero-order chi connectivity index (χ0) is 20.1. The molecule has 5 atom stereocenters. The number of piperidine rings is 1. The Balaban J connectivity index is 1.26. The fourth-order valence-electron chi connectivity index (χ4n) is 5.74. The normalized spacial score (nSPS) is 34.5. The fraction of sp³-hybridized carbons (Fsp3) is 0.739. The molecule has 2 saturated heterocycles. The van der Waals surface area contributed by atoms with Crippen LogP contribution in [0.3, 0.4) is 0 Å². The summed E-state index contributed by atoms with van der Waals surface area (Å²) in [5.74, 6) is 1.80. The Morgan fingerprint density at radius 3 is 2.36 bits per heavy atom. The second-order valence-electron chi connectivity index (χ2n) is 10.5. The highest BCUT2D eigenvalue weighted by atomic mass is 16.2. The molecule has 5 aliphatic rings. The molecule has 0 aromatic rings. The molecule has 5 nitrogen and oxygen atoms in total. The standard InChI is InChI=1S/C23H35N3O2/c1-14-16-10-17(14)12-18(11-16)24-21(27)9-15-7-19-5-6-20(8-15)26(19)13-22(28)25-23(2,3)4/h11,15-17,19-20H,1,5-10,12-13H2,2-4H3,(H,24,27)(H,25,28)/t15-,16?,17?,19-,20+. The van der Waals surface area contributed by atoms with Crippen molar-refractivity contribution >= 4 is 11.8 Å². The maximum Gasteiger partial charge on any atom is 0.234 e. The molecule has 2 amide bonds. The van der Waals surface area contributed by atoms with Crippen molar-refractivity contribution in [3.05, 3.63) is 23.9 Å². The van der Waals surface area contributed by atoms with E-state index >= 15 is 0 Å². The summed E-state index contributed by atoms with van der Waals surface area (Å²) >= 11 is 0. The number of nitrogens with one attached hydrogen (secondary N) is 2. The number of hydrogen-bond acceptors (Lipinski definition) is 3. The maximum atomic E-state index is 12.6. The summed E-state index contributed by atoms with van der Waals surface area (Å²) < 4.78 is 0. The molecule has 2 unspecified atom stereocenters. The van der Waals surface area contributed by atoms with Crippen LogP contribution < -0.4 is 10.6 Å². The molecule has 5 rings (SSSR count). The van der Waals surface area contributed by atoms with Crippen molar-refractivity contribution in [3.63, 3.8) is 0 Å². The largest absolute Gasteiger partial charge is 0.350 e. The minimum atomic E-state index is -0.187. The fourth-order valence-corrected chi connectivity index (χ4v) is 5.74. The van der Waals surface area contributed by atoms with Gasteiger partial charge in [-0.25, -0.2) is 0 Å². The van der Waals surface area contributed by atoms with E-state index in [1.54, 1.807) is 0 Å². The lowest BCUT2D eigenvalue weighted by Crippen LogP contribution is -2.51. The van der Waals surface area contributed by atoms with Crippen LogP contribution >= 0.6 is 0 Å². The predicted molar refractivity (Wildman–Crippen MR) is 110 cm³/mol. The van der Waals surface area contributed by atoms with Crippen LogP contribution in [-0.4, -0.2) is 40.9 Å². The van der Waals surface area contributed by atoms with Crippen molar-refractivity contribution in [2.75, 3.05) is 6.54 Å². The van der Waals surface area contributed by atoms with Gasteiger partial charge < -0.3 is 10.6 Å². The van der Waals surface area contributed by atoms with Crippen LogP contribution in [0.2, 0.25) is 0 Å².